The van der Waals surface area contributed by atoms with Gasteiger partial charge in [0.25, 0.3) is 0 Å². The zero-order valence-electron chi connectivity index (χ0n) is 24.0. The first-order valence-corrected chi connectivity index (χ1v) is 14.5. The summed E-state index contributed by atoms with van der Waals surface area (Å²) in [7, 11) is 0. The monoisotopic (exact) mass is 570 g/mol. The zero-order chi connectivity index (χ0) is 29.9. The minimum absolute atomic E-state index is 0.0102. The molecule has 3 aromatic rings. The number of hydrogen-bond donors (Lipinski definition) is 5. The number of rotatable bonds is 8. The molecule has 0 radical (unpaired) electrons. The second kappa shape index (κ2) is 11.9. The highest BCUT2D eigenvalue weighted by molar-refractivity contribution is 5.93. The van der Waals surface area contributed by atoms with Gasteiger partial charge in [-0.15, -0.1) is 0 Å². The lowest BCUT2D eigenvalue weighted by molar-refractivity contribution is -0.120. The number of carboxylic acid groups (broad SMARTS) is 1. The van der Waals surface area contributed by atoms with Crippen molar-refractivity contribution in [3.63, 3.8) is 0 Å². The first-order chi connectivity index (χ1) is 20.0. The number of aliphatic hydroxyl groups is 1. The van der Waals surface area contributed by atoms with Gasteiger partial charge in [-0.2, -0.15) is 0 Å². The maximum absolute atomic E-state index is 13.0. The first kappa shape index (κ1) is 29.3. The van der Waals surface area contributed by atoms with Crippen LogP contribution in [0.3, 0.4) is 0 Å². The minimum Gasteiger partial charge on any atom is -0.465 e. The van der Waals surface area contributed by atoms with Crippen molar-refractivity contribution >= 4 is 23.6 Å². The van der Waals surface area contributed by atoms with Crippen LogP contribution < -0.4 is 16.0 Å². The number of hydrogen-bond acceptors (Lipinski definition) is 5. The van der Waals surface area contributed by atoms with Crippen LogP contribution >= 0.6 is 0 Å². The fourth-order valence-electron chi connectivity index (χ4n) is 6.64. The van der Waals surface area contributed by atoms with Crippen LogP contribution in [0.2, 0.25) is 0 Å². The second-order valence-corrected chi connectivity index (χ2v) is 12.1. The van der Waals surface area contributed by atoms with E-state index < -0.39 is 17.2 Å². The summed E-state index contributed by atoms with van der Waals surface area (Å²) in [6.45, 7) is 3.24. The summed E-state index contributed by atoms with van der Waals surface area (Å²) >= 11 is 0. The van der Waals surface area contributed by atoms with Crippen molar-refractivity contribution in [3.05, 3.63) is 72.4 Å². The molecule has 0 aliphatic heterocycles. The van der Waals surface area contributed by atoms with E-state index in [1.165, 1.54) is 6.92 Å². The van der Waals surface area contributed by atoms with Gasteiger partial charge in [0.05, 0.1) is 28.7 Å². The Morgan fingerprint density at radius 3 is 2.21 bits per heavy atom. The van der Waals surface area contributed by atoms with Gasteiger partial charge in [0.2, 0.25) is 11.8 Å². The summed E-state index contributed by atoms with van der Waals surface area (Å²) in [5.74, 6) is 0.222. The lowest BCUT2D eigenvalue weighted by atomic mass is 9.62. The number of amides is 3. The predicted molar refractivity (Wildman–Crippen MR) is 161 cm³/mol. The molecule has 2 aliphatic rings. The van der Waals surface area contributed by atoms with Gasteiger partial charge in [-0.1, -0.05) is 54.6 Å². The van der Waals surface area contributed by atoms with Gasteiger partial charge in [-0.3, -0.25) is 14.6 Å². The maximum atomic E-state index is 13.0. The van der Waals surface area contributed by atoms with E-state index in [0.29, 0.717) is 24.9 Å². The molecule has 9 heteroatoms. The van der Waals surface area contributed by atoms with Crippen molar-refractivity contribution in [3.8, 4) is 22.4 Å². The van der Waals surface area contributed by atoms with Crippen molar-refractivity contribution in [2.45, 2.75) is 76.0 Å². The van der Waals surface area contributed by atoms with Crippen LogP contribution in [0.15, 0.2) is 66.9 Å². The zero-order valence-corrected chi connectivity index (χ0v) is 24.0. The average molecular weight is 571 g/mol. The van der Waals surface area contributed by atoms with Crippen LogP contribution in [-0.2, 0) is 15.1 Å². The van der Waals surface area contributed by atoms with Crippen LogP contribution in [0.5, 0.6) is 0 Å². The number of anilines is 1. The molecule has 5 rings (SSSR count). The Morgan fingerprint density at radius 1 is 0.952 bits per heavy atom. The third-order valence-corrected chi connectivity index (χ3v) is 8.41. The molecule has 1 aromatic heterocycles. The quantitative estimate of drug-likeness (QED) is 0.244. The molecule has 2 aromatic carbocycles. The first-order valence-electron chi connectivity index (χ1n) is 14.5. The summed E-state index contributed by atoms with van der Waals surface area (Å²) in [5, 5.41) is 28.4. The van der Waals surface area contributed by atoms with E-state index in [1.54, 1.807) is 13.1 Å². The molecule has 0 saturated heterocycles. The lowest BCUT2D eigenvalue weighted by Gasteiger charge is -2.51. The summed E-state index contributed by atoms with van der Waals surface area (Å²) in [4.78, 5) is 40.5. The standard InChI is InChI=1S/C33H38N4O5/c1-21(38)35-26-14-8-22(9-15-26)16-29(39)36-27-17-28(23-6-4-3-5-7-23)30(34-18-27)24-10-12-25(13-11-24)33(37-31(40)41)19-32(2,42)20-33/h3-7,10-13,17-18,22,26,37,42H,8-9,14-16,19-20H2,1-2H3,(H,35,38)(H,36,39)(H,40,41)/t22-,26-,32-,33-. The van der Waals surface area contributed by atoms with E-state index in [-0.39, 0.29) is 23.8 Å². The van der Waals surface area contributed by atoms with Gasteiger partial charge >= 0.3 is 6.09 Å². The third-order valence-electron chi connectivity index (χ3n) is 8.41. The number of nitrogens with one attached hydrogen (secondary N) is 3. The molecule has 0 spiro atoms. The Bertz CT molecular complexity index is 1440. The molecule has 0 bridgehead atoms. The Morgan fingerprint density at radius 2 is 1.62 bits per heavy atom. The maximum Gasteiger partial charge on any atom is 0.405 e. The van der Waals surface area contributed by atoms with Crippen molar-refractivity contribution in [1.82, 2.24) is 15.6 Å². The molecule has 3 amide bonds. The SMILES string of the molecule is CC(=O)N[C@H]1CC[C@H](CC(=O)Nc2cnc(-c3ccc([C@]4(NC(=O)O)C[C@](C)(O)C4)cc3)c(-c3ccccc3)c2)CC1. The molecule has 0 unspecified atom stereocenters. The molecule has 5 N–H and O–H groups in total. The van der Waals surface area contributed by atoms with E-state index >= 15 is 0 Å². The number of carbonyl (C=O) groups is 3. The van der Waals surface area contributed by atoms with E-state index in [4.69, 9.17) is 4.98 Å². The van der Waals surface area contributed by atoms with Gasteiger partial charge < -0.3 is 26.2 Å². The molecular formula is C33H38N4O5. The van der Waals surface area contributed by atoms with Gasteiger partial charge in [-0.25, -0.2) is 4.79 Å². The topological polar surface area (TPSA) is 141 Å². The lowest BCUT2D eigenvalue weighted by Crippen LogP contribution is -2.61. The highest BCUT2D eigenvalue weighted by atomic mass is 16.4. The Balaban J connectivity index is 1.34. The Labute approximate surface area is 245 Å². The number of benzene rings is 2. The van der Waals surface area contributed by atoms with Gasteiger partial charge in [0, 0.05) is 43.4 Å². The van der Waals surface area contributed by atoms with Crippen LogP contribution in [0.25, 0.3) is 22.4 Å². The largest absolute Gasteiger partial charge is 0.465 e. The molecule has 2 saturated carbocycles. The molecule has 2 fully saturated rings. The predicted octanol–water partition coefficient (Wildman–Crippen LogP) is 5.45. The highest BCUT2D eigenvalue weighted by Crippen LogP contribution is 2.48. The number of carbonyl (C=O) groups excluding carboxylic acids is 2. The second-order valence-electron chi connectivity index (χ2n) is 12.1. The molecule has 42 heavy (non-hydrogen) atoms. The molecule has 0 atom stereocenters. The van der Waals surface area contributed by atoms with Crippen LogP contribution in [0.1, 0.15) is 64.4 Å². The van der Waals surface area contributed by atoms with Crippen molar-refractivity contribution < 1.29 is 24.6 Å². The van der Waals surface area contributed by atoms with E-state index in [9.17, 15) is 24.6 Å². The molecule has 2 aliphatic carbocycles. The summed E-state index contributed by atoms with van der Waals surface area (Å²) in [6.07, 6.45) is 5.14. The van der Waals surface area contributed by atoms with Gasteiger partial charge in [0.1, 0.15) is 0 Å². The van der Waals surface area contributed by atoms with Crippen molar-refractivity contribution in [2.75, 3.05) is 5.32 Å². The highest BCUT2D eigenvalue weighted by Gasteiger charge is 2.53. The Hall–Kier alpha value is -4.24. The number of pyridine rings is 1. The van der Waals surface area contributed by atoms with E-state index in [2.05, 4.69) is 16.0 Å². The normalized spacial score (nSPS) is 25.1. The summed E-state index contributed by atoms with van der Waals surface area (Å²) < 4.78 is 0. The van der Waals surface area contributed by atoms with Crippen LogP contribution in [-0.4, -0.2) is 44.7 Å². The van der Waals surface area contributed by atoms with Crippen LogP contribution in [0, 0.1) is 5.92 Å². The minimum atomic E-state index is -1.13. The summed E-state index contributed by atoms with van der Waals surface area (Å²) in [6, 6.07) is 19.6. The fraction of sp³-hybridized carbons (Fsp3) is 0.394. The summed E-state index contributed by atoms with van der Waals surface area (Å²) in [5.41, 5.74) is 3.06. The molecule has 220 valence electrons. The average Bonchev–Trinajstić information content (AvgIpc) is 2.93. The van der Waals surface area contributed by atoms with Crippen molar-refractivity contribution in [2.24, 2.45) is 5.92 Å². The smallest absolute Gasteiger partial charge is 0.405 e. The number of aromatic nitrogens is 1. The van der Waals surface area contributed by atoms with Gasteiger partial charge in [0.15, 0.2) is 0 Å². The third kappa shape index (κ3) is 6.79. The van der Waals surface area contributed by atoms with Crippen LogP contribution in [0.4, 0.5) is 10.5 Å². The van der Waals surface area contributed by atoms with E-state index in [0.717, 1.165) is 53.6 Å². The Kier molecular flexibility index (Phi) is 8.31. The molecule has 9 nitrogen and oxygen atoms in total. The molecule has 1 heterocycles. The van der Waals surface area contributed by atoms with Crippen molar-refractivity contribution in [1.29, 1.82) is 0 Å². The van der Waals surface area contributed by atoms with E-state index in [1.807, 2.05) is 60.7 Å². The van der Waals surface area contributed by atoms with Gasteiger partial charge in [-0.05, 0) is 55.7 Å². The number of nitrogens with zero attached hydrogens (tertiary/aromatic N) is 1. The molecular weight excluding hydrogens is 532 g/mol. The fourth-order valence-corrected chi connectivity index (χ4v) is 6.64.